The maximum absolute atomic E-state index is 5.30. The predicted molar refractivity (Wildman–Crippen MR) is 54.8 cm³/mol. The Morgan fingerprint density at radius 3 is 2.75 bits per heavy atom. The Labute approximate surface area is 83.2 Å². The molecule has 1 atom stereocenters. The SMILES string of the molecule is CC(CBr)NCC1CCOCC1. The number of hydrogen-bond donors (Lipinski definition) is 1. The van der Waals surface area contributed by atoms with E-state index in [2.05, 4.69) is 28.2 Å². The van der Waals surface area contributed by atoms with E-state index in [0.29, 0.717) is 6.04 Å². The quantitative estimate of drug-likeness (QED) is 0.751. The molecule has 0 saturated carbocycles. The monoisotopic (exact) mass is 235 g/mol. The summed E-state index contributed by atoms with van der Waals surface area (Å²) in [6.45, 7) is 5.26. The van der Waals surface area contributed by atoms with E-state index in [1.54, 1.807) is 0 Å². The molecule has 1 unspecified atom stereocenters. The Morgan fingerprint density at radius 1 is 1.50 bits per heavy atom. The molecule has 0 spiro atoms. The first-order chi connectivity index (χ1) is 5.83. The van der Waals surface area contributed by atoms with Gasteiger partial charge in [0, 0.05) is 24.6 Å². The molecule has 0 amide bonds. The summed E-state index contributed by atoms with van der Waals surface area (Å²) >= 11 is 3.45. The average molecular weight is 236 g/mol. The van der Waals surface area contributed by atoms with E-state index >= 15 is 0 Å². The summed E-state index contributed by atoms with van der Waals surface area (Å²) in [7, 11) is 0. The van der Waals surface area contributed by atoms with Crippen LogP contribution in [-0.4, -0.2) is 31.1 Å². The molecule has 1 saturated heterocycles. The number of rotatable bonds is 4. The van der Waals surface area contributed by atoms with E-state index in [-0.39, 0.29) is 0 Å². The van der Waals surface area contributed by atoms with E-state index in [4.69, 9.17) is 4.74 Å². The number of ether oxygens (including phenoxy) is 1. The summed E-state index contributed by atoms with van der Waals surface area (Å²) in [5.74, 6) is 0.834. The van der Waals surface area contributed by atoms with Gasteiger partial charge in [-0.05, 0) is 32.2 Å². The average Bonchev–Trinajstić information content (AvgIpc) is 2.16. The number of nitrogens with one attached hydrogen (secondary N) is 1. The van der Waals surface area contributed by atoms with Crippen LogP contribution in [0.5, 0.6) is 0 Å². The highest BCUT2D eigenvalue weighted by molar-refractivity contribution is 9.09. The van der Waals surface area contributed by atoms with Crippen LogP contribution in [0.3, 0.4) is 0 Å². The van der Waals surface area contributed by atoms with Crippen LogP contribution in [0.1, 0.15) is 19.8 Å². The highest BCUT2D eigenvalue weighted by atomic mass is 79.9. The number of hydrogen-bond acceptors (Lipinski definition) is 2. The first kappa shape index (κ1) is 10.5. The molecule has 0 aromatic rings. The maximum atomic E-state index is 5.30. The van der Waals surface area contributed by atoms with Crippen LogP contribution < -0.4 is 5.32 Å². The fraction of sp³-hybridized carbons (Fsp3) is 1.00. The normalized spacial score (nSPS) is 22.5. The molecule has 1 aliphatic rings. The van der Waals surface area contributed by atoms with Crippen LogP contribution in [0.2, 0.25) is 0 Å². The van der Waals surface area contributed by atoms with Crippen molar-refractivity contribution in [1.82, 2.24) is 5.32 Å². The van der Waals surface area contributed by atoms with Crippen LogP contribution in [-0.2, 0) is 4.74 Å². The topological polar surface area (TPSA) is 21.3 Å². The van der Waals surface area contributed by atoms with Gasteiger partial charge in [-0.2, -0.15) is 0 Å². The third-order valence-corrected chi connectivity index (χ3v) is 3.30. The zero-order valence-electron chi connectivity index (χ0n) is 7.68. The minimum absolute atomic E-state index is 0.591. The van der Waals surface area contributed by atoms with E-state index < -0.39 is 0 Å². The zero-order valence-corrected chi connectivity index (χ0v) is 9.27. The second-order valence-electron chi connectivity index (χ2n) is 3.52. The van der Waals surface area contributed by atoms with Gasteiger partial charge in [-0.15, -0.1) is 0 Å². The molecule has 2 nitrogen and oxygen atoms in total. The summed E-state index contributed by atoms with van der Waals surface area (Å²) in [5.41, 5.74) is 0. The van der Waals surface area contributed by atoms with Gasteiger partial charge in [0.2, 0.25) is 0 Å². The molecule has 12 heavy (non-hydrogen) atoms. The van der Waals surface area contributed by atoms with E-state index in [1.165, 1.54) is 12.8 Å². The summed E-state index contributed by atoms with van der Waals surface area (Å²) in [4.78, 5) is 0. The second-order valence-corrected chi connectivity index (χ2v) is 4.17. The summed E-state index contributed by atoms with van der Waals surface area (Å²) in [6.07, 6.45) is 2.45. The minimum atomic E-state index is 0.591. The van der Waals surface area contributed by atoms with Gasteiger partial charge in [-0.3, -0.25) is 0 Å². The Hall–Kier alpha value is 0.400. The molecule has 1 fully saturated rings. The molecule has 1 N–H and O–H groups in total. The summed E-state index contributed by atoms with van der Waals surface area (Å²) in [5, 5.41) is 4.54. The van der Waals surface area contributed by atoms with E-state index in [0.717, 1.165) is 31.0 Å². The lowest BCUT2D eigenvalue weighted by atomic mass is 10.0. The fourth-order valence-electron chi connectivity index (χ4n) is 1.37. The van der Waals surface area contributed by atoms with Gasteiger partial charge in [-0.1, -0.05) is 15.9 Å². The molecule has 3 heteroatoms. The van der Waals surface area contributed by atoms with Gasteiger partial charge in [0.15, 0.2) is 0 Å². The largest absolute Gasteiger partial charge is 0.381 e. The van der Waals surface area contributed by atoms with Gasteiger partial charge < -0.3 is 10.1 Å². The van der Waals surface area contributed by atoms with Gasteiger partial charge in [-0.25, -0.2) is 0 Å². The molecule has 1 heterocycles. The molecular weight excluding hydrogens is 218 g/mol. The predicted octanol–water partition coefficient (Wildman–Crippen LogP) is 1.79. The standard InChI is InChI=1S/C9H18BrNO/c1-8(6-10)11-7-9-2-4-12-5-3-9/h8-9,11H,2-7H2,1H3. The van der Waals surface area contributed by atoms with Crippen molar-refractivity contribution < 1.29 is 4.74 Å². The Bertz CT molecular complexity index is 115. The van der Waals surface area contributed by atoms with Crippen LogP contribution in [0.15, 0.2) is 0 Å². The van der Waals surface area contributed by atoms with Crippen molar-refractivity contribution >= 4 is 15.9 Å². The van der Waals surface area contributed by atoms with Gasteiger partial charge in [0.1, 0.15) is 0 Å². The van der Waals surface area contributed by atoms with E-state index in [1.807, 2.05) is 0 Å². The van der Waals surface area contributed by atoms with Crippen LogP contribution in [0.4, 0.5) is 0 Å². The molecule has 0 bridgehead atoms. The molecular formula is C9H18BrNO. The lowest BCUT2D eigenvalue weighted by molar-refractivity contribution is 0.0658. The van der Waals surface area contributed by atoms with Gasteiger partial charge >= 0.3 is 0 Å². The van der Waals surface area contributed by atoms with E-state index in [9.17, 15) is 0 Å². The maximum Gasteiger partial charge on any atom is 0.0469 e. The summed E-state index contributed by atoms with van der Waals surface area (Å²) in [6, 6.07) is 0.591. The third kappa shape index (κ3) is 3.87. The molecule has 1 rings (SSSR count). The fourth-order valence-corrected chi connectivity index (χ4v) is 1.60. The number of alkyl halides is 1. The smallest absolute Gasteiger partial charge is 0.0469 e. The second kappa shape index (κ2) is 5.95. The van der Waals surface area contributed by atoms with Crippen molar-refractivity contribution in [3.8, 4) is 0 Å². The van der Waals surface area contributed by atoms with Crippen molar-refractivity contribution in [3.63, 3.8) is 0 Å². The van der Waals surface area contributed by atoms with Crippen LogP contribution in [0, 0.1) is 5.92 Å². The molecule has 0 aromatic carbocycles. The molecule has 1 aliphatic heterocycles. The lowest BCUT2D eigenvalue weighted by Crippen LogP contribution is -2.34. The Balaban J connectivity index is 2.05. The molecule has 0 aliphatic carbocycles. The van der Waals surface area contributed by atoms with Crippen molar-refractivity contribution in [2.75, 3.05) is 25.1 Å². The highest BCUT2D eigenvalue weighted by Gasteiger charge is 2.13. The van der Waals surface area contributed by atoms with Crippen LogP contribution in [0.25, 0.3) is 0 Å². The highest BCUT2D eigenvalue weighted by Crippen LogP contribution is 2.13. The van der Waals surface area contributed by atoms with Gasteiger partial charge in [0.05, 0.1) is 0 Å². The van der Waals surface area contributed by atoms with Crippen LogP contribution >= 0.6 is 15.9 Å². The Kier molecular flexibility index (Phi) is 5.19. The minimum Gasteiger partial charge on any atom is -0.381 e. The summed E-state index contributed by atoms with van der Waals surface area (Å²) < 4.78 is 5.30. The number of halogens is 1. The van der Waals surface area contributed by atoms with Crippen molar-refractivity contribution in [2.24, 2.45) is 5.92 Å². The molecule has 72 valence electrons. The zero-order chi connectivity index (χ0) is 8.81. The van der Waals surface area contributed by atoms with Crippen molar-refractivity contribution in [1.29, 1.82) is 0 Å². The third-order valence-electron chi connectivity index (χ3n) is 2.33. The lowest BCUT2D eigenvalue weighted by Gasteiger charge is -2.23. The Morgan fingerprint density at radius 2 is 2.17 bits per heavy atom. The first-order valence-corrected chi connectivity index (χ1v) is 5.82. The van der Waals surface area contributed by atoms with Crippen molar-refractivity contribution in [2.45, 2.75) is 25.8 Å². The first-order valence-electron chi connectivity index (χ1n) is 4.70. The van der Waals surface area contributed by atoms with Crippen molar-refractivity contribution in [3.05, 3.63) is 0 Å². The van der Waals surface area contributed by atoms with Gasteiger partial charge in [0.25, 0.3) is 0 Å². The molecule has 0 aromatic heterocycles. The molecule has 0 radical (unpaired) electrons.